The van der Waals surface area contributed by atoms with Gasteiger partial charge < -0.3 is 5.32 Å². The van der Waals surface area contributed by atoms with Crippen molar-refractivity contribution in [3.05, 3.63) is 36.5 Å². The highest BCUT2D eigenvalue weighted by Crippen LogP contribution is 1.90. The third kappa shape index (κ3) is 8.47. The molecule has 0 amide bonds. The average Bonchev–Trinajstić information content (AvgIpc) is 2.11. The summed E-state index contributed by atoms with van der Waals surface area (Å²) >= 11 is 0. The maximum Gasteiger partial charge on any atom is 0.235 e. The lowest BCUT2D eigenvalue weighted by Crippen LogP contribution is -2.08. The van der Waals surface area contributed by atoms with Crippen LogP contribution in [0.25, 0.3) is 0 Å². The number of rotatable bonds is 6. The first-order valence-electron chi connectivity index (χ1n) is 4.00. The molecular weight excluding hydrogens is 164 g/mol. The van der Waals surface area contributed by atoms with E-state index in [1.165, 1.54) is 6.08 Å². The summed E-state index contributed by atoms with van der Waals surface area (Å²) in [6.45, 7) is 4.97. The van der Waals surface area contributed by atoms with E-state index in [2.05, 4.69) is 16.9 Å². The summed E-state index contributed by atoms with van der Waals surface area (Å²) in [5.41, 5.74) is 1.01. The molecule has 0 atom stereocenters. The second kappa shape index (κ2) is 8.65. The number of isocyanates is 1. The van der Waals surface area contributed by atoms with Crippen molar-refractivity contribution in [3.63, 3.8) is 0 Å². The lowest BCUT2D eigenvalue weighted by atomic mass is 10.2. The number of likely N-dealkylation sites (N-methyl/N-ethyl adjacent to an activating group) is 1. The highest BCUT2D eigenvalue weighted by Gasteiger charge is 1.81. The van der Waals surface area contributed by atoms with E-state index >= 15 is 0 Å². The lowest BCUT2D eigenvalue weighted by molar-refractivity contribution is 0.564. The molecule has 0 aromatic heterocycles. The monoisotopic (exact) mass is 178 g/mol. The van der Waals surface area contributed by atoms with E-state index in [-0.39, 0.29) is 0 Å². The topological polar surface area (TPSA) is 41.5 Å². The minimum Gasteiger partial charge on any atom is -0.316 e. The van der Waals surface area contributed by atoms with Crippen molar-refractivity contribution in [2.45, 2.75) is 0 Å². The molecule has 0 rings (SSSR count). The van der Waals surface area contributed by atoms with E-state index in [9.17, 15) is 4.79 Å². The van der Waals surface area contributed by atoms with Crippen LogP contribution in [0.5, 0.6) is 0 Å². The Morgan fingerprint density at radius 2 is 2.38 bits per heavy atom. The first-order chi connectivity index (χ1) is 6.31. The molecule has 0 bridgehead atoms. The fraction of sp³-hybridized carbons (Fsp3) is 0.300. The summed E-state index contributed by atoms with van der Waals surface area (Å²) in [6.07, 6.45) is 8.81. The molecule has 0 aliphatic rings. The molecule has 0 spiro atoms. The molecule has 0 aliphatic heterocycles. The molecule has 0 unspecified atom stereocenters. The van der Waals surface area contributed by atoms with Crippen molar-refractivity contribution < 1.29 is 4.79 Å². The summed E-state index contributed by atoms with van der Waals surface area (Å²) in [5.74, 6) is 0. The van der Waals surface area contributed by atoms with Crippen molar-refractivity contribution in [1.29, 1.82) is 0 Å². The SMILES string of the molecule is C=C(/C=C\C=CCN=C=O)CNC. The van der Waals surface area contributed by atoms with Gasteiger partial charge in [-0.1, -0.05) is 30.9 Å². The zero-order valence-corrected chi connectivity index (χ0v) is 7.79. The summed E-state index contributed by atoms with van der Waals surface area (Å²) in [6, 6.07) is 0. The van der Waals surface area contributed by atoms with Crippen molar-refractivity contribution in [2.75, 3.05) is 20.1 Å². The van der Waals surface area contributed by atoms with E-state index in [4.69, 9.17) is 0 Å². The van der Waals surface area contributed by atoms with Gasteiger partial charge in [0.05, 0.1) is 6.54 Å². The summed E-state index contributed by atoms with van der Waals surface area (Å²) in [4.78, 5) is 13.0. The van der Waals surface area contributed by atoms with Crippen LogP contribution in [0.15, 0.2) is 41.4 Å². The van der Waals surface area contributed by atoms with Crippen LogP contribution in [0.3, 0.4) is 0 Å². The Morgan fingerprint density at radius 3 is 3.00 bits per heavy atom. The van der Waals surface area contributed by atoms with Crippen LogP contribution in [-0.2, 0) is 4.79 Å². The van der Waals surface area contributed by atoms with Gasteiger partial charge in [-0.05, 0) is 12.6 Å². The van der Waals surface area contributed by atoms with Crippen LogP contribution in [-0.4, -0.2) is 26.2 Å². The van der Waals surface area contributed by atoms with Gasteiger partial charge in [-0.3, -0.25) is 0 Å². The molecule has 0 aromatic rings. The molecular formula is C10H14N2O. The summed E-state index contributed by atoms with van der Waals surface area (Å²) in [7, 11) is 1.87. The fourth-order valence-corrected chi connectivity index (χ4v) is 0.707. The molecule has 3 heteroatoms. The Morgan fingerprint density at radius 1 is 1.62 bits per heavy atom. The van der Waals surface area contributed by atoms with Gasteiger partial charge in [-0.2, -0.15) is 0 Å². The number of nitrogens with one attached hydrogen (secondary N) is 1. The molecule has 70 valence electrons. The predicted octanol–water partition coefficient (Wildman–Crippen LogP) is 1.21. The Balaban J connectivity index is 3.66. The second-order valence-electron chi connectivity index (χ2n) is 2.41. The van der Waals surface area contributed by atoms with Gasteiger partial charge in [-0.15, -0.1) is 0 Å². The molecule has 0 aromatic carbocycles. The van der Waals surface area contributed by atoms with Crippen molar-refractivity contribution in [2.24, 2.45) is 4.99 Å². The fourth-order valence-electron chi connectivity index (χ4n) is 0.707. The van der Waals surface area contributed by atoms with E-state index in [0.29, 0.717) is 6.54 Å². The Hall–Kier alpha value is -1.44. The molecule has 0 fully saturated rings. The second-order valence-corrected chi connectivity index (χ2v) is 2.41. The molecule has 0 saturated heterocycles. The first-order valence-corrected chi connectivity index (χ1v) is 4.00. The minimum atomic E-state index is 0.381. The Bertz CT molecular complexity index is 248. The maximum atomic E-state index is 9.67. The van der Waals surface area contributed by atoms with Gasteiger partial charge in [0.25, 0.3) is 0 Å². The quantitative estimate of drug-likeness (QED) is 0.377. The van der Waals surface area contributed by atoms with Gasteiger partial charge in [0.1, 0.15) is 0 Å². The van der Waals surface area contributed by atoms with Crippen LogP contribution in [0.1, 0.15) is 0 Å². The summed E-state index contributed by atoms with van der Waals surface area (Å²) < 4.78 is 0. The Labute approximate surface area is 78.6 Å². The number of nitrogens with zero attached hydrogens (tertiary/aromatic N) is 1. The molecule has 0 saturated carbocycles. The van der Waals surface area contributed by atoms with Gasteiger partial charge in [0, 0.05) is 6.54 Å². The van der Waals surface area contributed by atoms with E-state index < -0.39 is 0 Å². The van der Waals surface area contributed by atoms with Crippen LogP contribution >= 0.6 is 0 Å². The maximum absolute atomic E-state index is 9.67. The zero-order valence-electron chi connectivity index (χ0n) is 7.79. The van der Waals surface area contributed by atoms with Crippen LogP contribution < -0.4 is 5.32 Å². The molecule has 3 nitrogen and oxygen atoms in total. The highest BCUT2D eigenvalue weighted by atomic mass is 16.1. The van der Waals surface area contributed by atoms with Gasteiger partial charge in [0.2, 0.25) is 6.08 Å². The van der Waals surface area contributed by atoms with Crippen molar-refractivity contribution in [3.8, 4) is 0 Å². The van der Waals surface area contributed by atoms with Gasteiger partial charge in [0.15, 0.2) is 0 Å². The number of aliphatic imine (C=N–C) groups is 1. The molecule has 0 heterocycles. The van der Waals surface area contributed by atoms with Crippen LogP contribution in [0.2, 0.25) is 0 Å². The van der Waals surface area contributed by atoms with Gasteiger partial charge in [-0.25, -0.2) is 9.79 Å². The van der Waals surface area contributed by atoms with Gasteiger partial charge >= 0.3 is 0 Å². The molecule has 1 N–H and O–H groups in total. The number of hydrogen-bond donors (Lipinski definition) is 1. The summed E-state index contributed by atoms with van der Waals surface area (Å²) in [5, 5.41) is 2.98. The van der Waals surface area contributed by atoms with Crippen LogP contribution in [0, 0.1) is 0 Å². The number of carbonyl (C=O) groups excluding carboxylic acids is 1. The van der Waals surface area contributed by atoms with Crippen molar-refractivity contribution in [1.82, 2.24) is 5.32 Å². The number of allylic oxidation sites excluding steroid dienone is 2. The largest absolute Gasteiger partial charge is 0.316 e. The molecule has 0 aliphatic carbocycles. The predicted molar refractivity (Wildman–Crippen MR) is 54.3 cm³/mol. The molecule has 0 radical (unpaired) electrons. The third-order valence-corrected chi connectivity index (χ3v) is 1.24. The zero-order chi connectivity index (χ0) is 9.94. The van der Waals surface area contributed by atoms with Crippen LogP contribution in [0.4, 0.5) is 0 Å². The van der Waals surface area contributed by atoms with Crippen molar-refractivity contribution >= 4 is 6.08 Å². The highest BCUT2D eigenvalue weighted by molar-refractivity contribution is 5.33. The normalized spacial score (nSPS) is 10.5. The first kappa shape index (κ1) is 11.6. The average molecular weight is 178 g/mol. The number of hydrogen-bond acceptors (Lipinski definition) is 3. The van der Waals surface area contributed by atoms with E-state index in [1.54, 1.807) is 6.08 Å². The third-order valence-electron chi connectivity index (χ3n) is 1.24. The smallest absolute Gasteiger partial charge is 0.235 e. The standard InChI is InChI=1S/C10H14N2O/c1-10(8-11-2)6-4-3-5-7-12-9-13/h3-6,11H,1,7-8H2,2H3/b5-3?,6-4-. The molecule has 13 heavy (non-hydrogen) atoms. The van der Waals surface area contributed by atoms with E-state index in [1.807, 2.05) is 25.3 Å². The Kier molecular flexibility index (Phi) is 7.70. The lowest BCUT2D eigenvalue weighted by Gasteiger charge is -1.94. The minimum absolute atomic E-state index is 0.381. The van der Waals surface area contributed by atoms with E-state index in [0.717, 1.165) is 12.1 Å².